The van der Waals surface area contributed by atoms with Gasteiger partial charge in [0.05, 0.1) is 6.54 Å². The van der Waals surface area contributed by atoms with E-state index in [0.717, 1.165) is 0 Å². The summed E-state index contributed by atoms with van der Waals surface area (Å²) >= 11 is 1.93. The maximum atomic E-state index is 10.1. The zero-order chi connectivity index (χ0) is 5.70. The molecule has 42 valence electrons. The van der Waals surface area contributed by atoms with Crippen molar-refractivity contribution in [3.63, 3.8) is 0 Å². The lowest BCUT2D eigenvalue weighted by Crippen LogP contribution is -2.15. The van der Waals surface area contributed by atoms with Crippen LogP contribution in [0, 0.1) is 0 Å². The lowest BCUT2D eigenvalue weighted by Gasteiger charge is -1.92. The molecule has 0 heterocycles. The second-order valence-corrected chi connectivity index (χ2v) is 1.45. The molecule has 0 aliphatic rings. The SMILES string of the molecule is NCC(=O)OCI. The Bertz CT molecular complexity index is 66.0. The third-order valence-corrected chi connectivity index (χ3v) is 0.694. The van der Waals surface area contributed by atoms with Crippen LogP contribution < -0.4 is 5.73 Å². The van der Waals surface area contributed by atoms with E-state index in [4.69, 9.17) is 5.73 Å². The first kappa shape index (κ1) is 7.16. The van der Waals surface area contributed by atoms with E-state index in [2.05, 4.69) is 4.74 Å². The van der Waals surface area contributed by atoms with Crippen LogP contribution >= 0.6 is 22.6 Å². The Morgan fingerprint density at radius 1 is 1.86 bits per heavy atom. The van der Waals surface area contributed by atoms with E-state index in [1.807, 2.05) is 22.6 Å². The Labute approximate surface area is 55.3 Å². The van der Waals surface area contributed by atoms with Crippen molar-refractivity contribution in [2.45, 2.75) is 0 Å². The minimum Gasteiger partial charge on any atom is -0.454 e. The normalized spacial score (nSPS) is 8.29. The van der Waals surface area contributed by atoms with Gasteiger partial charge in [-0.2, -0.15) is 0 Å². The fraction of sp³-hybridized carbons (Fsp3) is 0.667. The van der Waals surface area contributed by atoms with Crippen molar-refractivity contribution in [2.24, 2.45) is 5.73 Å². The number of rotatable bonds is 2. The lowest BCUT2D eigenvalue weighted by atomic mass is 10.7. The van der Waals surface area contributed by atoms with E-state index < -0.39 is 0 Å². The van der Waals surface area contributed by atoms with Crippen LogP contribution in [-0.4, -0.2) is 17.1 Å². The molecule has 0 rings (SSSR count). The molecule has 0 aliphatic carbocycles. The van der Waals surface area contributed by atoms with Crippen LogP contribution in [-0.2, 0) is 9.53 Å². The first-order chi connectivity index (χ1) is 3.31. The quantitative estimate of drug-likeness (QED) is 0.397. The molecule has 0 aromatic carbocycles. The van der Waals surface area contributed by atoms with Crippen LogP contribution in [0.15, 0.2) is 0 Å². The predicted molar refractivity (Wildman–Crippen MR) is 34.0 cm³/mol. The number of hydrogen-bond donors (Lipinski definition) is 1. The van der Waals surface area contributed by atoms with Crippen molar-refractivity contribution in [1.29, 1.82) is 0 Å². The highest BCUT2D eigenvalue weighted by Crippen LogP contribution is 1.81. The molecule has 4 heteroatoms. The van der Waals surface area contributed by atoms with Gasteiger partial charge in [0, 0.05) is 0 Å². The fourth-order valence-corrected chi connectivity index (χ4v) is 0.467. The summed E-state index contributed by atoms with van der Waals surface area (Å²) in [7, 11) is 0. The third kappa shape index (κ3) is 4.00. The molecule has 0 unspecified atom stereocenters. The standard InChI is InChI=1S/C3H6INO2/c4-2-7-3(6)1-5/h1-2,5H2. The number of esters is 1. The molecule has 0 amide bonds. The molecule has 3 nitrogen and oxygen atoms in total. The van der Waals surface area contributed by atoms with Crippen molar-refractivity contribution in [3.05, 3.63) is 0 Å². The van der Waals surface area contributed by atoms with Crippen LogP contribution in [0.1, 0.15) is 0 Å². The summed E-state index contributed by atoms with van der Waals surface area (Å²) in [6.07, 6.45) is 0. The molecule has 0 fully saturated rings. The van der Waals surface area contributed by atoms with Crippen LogP contribution in [0.2, 0.25) is 0 Å². The van der Waals surface area contributed by atoms with Gasteiger partial charge in [0.2, 0.25) is 0 Å². The van der Waals surface area contributed by atoms with Gasteiger partial charge in [0.1, 0.15) is 4.61 Å². The monoisotopic (exact) mass is 215 g/mol. The first-order valence-electron chi connectivity index (χ1n) is 1.73. The van der Waals surface area contributed by atoms with E-state index in [0.29, 0.717) is 4.61 Å². The lowest BCUT2D eigenvalue weighted by molar-refractivity contribution is -0.139. The summed E-state index contributed by atoms with van der Waals surface area (Å²) in [5, 5.41) is 0. The average Bonchev–Trinajstić information content (AvgIpc) is 1.68. The number of nitrogens with two attached hydrogens (primary N) is 1. The van der Waals surface area contributed by atoms with E-state index >= 15 is 0 Å². The van der Waals surface area contributed by atoms with E-state index in [1.54, 1.807) is 0 Å². The first-order valence-corrected chi connectivity index (χ1v) is 3.25. The summed E-state index contributed by atoms with van der Waals surface area (Å²) in [4.78, 5) is 10.1. The molecule has 2 N–H and O–H groups in total. The zero-order valence-corrected chi connectivity index (χ0v) is 5.84. The van der Waals surface area contributed by atoms with Gasteiger partial charge in [-0.05, 0) is 22.6 Å². The number of alkyl halides is 1. The van der Waals surface area contributed by atoms with E-state index in [1.165, 1.54) is 0 Å². The van der Waals surface area contributed by atoms with Gasteiger partial charge in [-0.1, -0.05) is 0 Å². The number of hydrogen-bond acceptors (Lipinski definition) is 3. The molecule has 0 bridgehead atoms. The highest BCUT2D eigenvalue weighted by molar-refractivity contribution is 14.1. The topological polar surface area (TPSA) is 52.3 Å². The molecular weight excluding hydrogens is 209 g/mol. The maximum Gasteiger partial charge on any atom is 0.320 e. The smallest absolute Gasteiger partial charge is 0.320 e. The van der Waals surface area contributed by atoms with Crippen molar-refractivity contribution in [2.75, 3.05) is 11.2 Å². The van der Waals surface area contributed by atoms with Crippen LogP contribution in [0.3, 0.4) is 0 Å². The Kier molecular flexibility index (Phi) is 4.42. The Morgan fingerprint density at radius 2 is 2.43 bits per heavy atom. The number of halogens is 1. The summed E-state index contributed by atoms with van der Waals surface area (Å²) in [5.74, 6) is -0.352. The van der Waals surface area contributed by atoms with Gasteiger partial charge >= 0.3 is 5.97 Å². The van der Waals surface area contributed by atoms with Gasteiger partial charge in [-0.15, -0.1) is 0 Å². The second kappa shape index (κ2) is 4.32. The number of carbonyl (C=O) groups is 1. The minimum atomic E-state index is -0.352. The molecule has 0 aromatic rings. The molecule has 0 aromatic heterocycles. The predicted octanol–water partition coefficient (Wildman–Crippen LogP) is -0.119. The number of carbonyl (C=O) groups excluding carboxylic acids is 1. The van der Waals surface area contributed by atoms with E-state index in [-0.39, 0.29) is 12.5 Å². The van der Waals surface area contributed by atoms with Crippen molar-refractivity contribution >= 4 is 28.6 Å². The van der Waals surface area contributed by atoms with Crippen LogP contribution in [0.5, 0.6) is 0 Å². The summed E-state index contributed by atoms with van der Waals surface area (Å²) < 4.78 is 4.80. The van der Waals surface area contributed by atoms with E-state index in [9.17, 15) is 4.79 Å². The highest BCUT2D eigenvalue weighted by atomic mass is 127. The van der Waals surface area contributed by atoms with Crippen molar-refractivity contribution < 1.29 is 9.53 Å². The summed E-state index contributed by atoms with van der Waals surface area (Å²) in [5.41, 5.74) is 4.88. The zero-order valence-electron chi connectivity index (χ0n) is 3.69. The van der Waals surface area contributed by atoms with Gasteiger partial charge in [0.15, 0.2) is 0 Å². The van der Waals surface area contributed by atoms with Gasteiger partial charge in [-0.3, -0.25) is 4.79 Å². The van der Waals surface area contributed by atoms with Crippen LogP contribution in [0.4, 0.5) is 0 Å². The Balaban J connectivity index is 3.00. The molecule has 0 aliphatic heterocycles. The summed E-state index contributed by atoms with van der Waals surface area (Å²) in [6, 6.07) is 0. The average molecular weight is 215 g/mol. The maximum absolute atomic E-state index is 10.1. The van der Waals surface area contributed by atoms with Crippen LogP contribution in [0.25, 0.3) is 0 Å². The summed E-state index contributed by atoms with van der Waals surface area (Å²) in [6.45, 7) is -0.0248. The minimum absolute atomic E-state index is 0.0248. The molecule has 0 saturated carbocycles. The molecule has 0 spiro atoms. The van der Waals surface area contributed by atoms with Crippen molar-refractivity contribution in [3.8, 4) is 0 Å². The second-order valence-electron chi connectivity index (χ2n) is 0.830. The molecule has 0 atom stereocenters. The highest BCUT2D eigenvalue weighted by Gasteiger charge is 1.92. The largest absolute Gasteiger partial charge is 0.454 e. The van der Waals surface area contributed by atoms with Gasteiger partial charge in [0.25, 0.3) is 0 Å². The fourth-order valence-electron chi connectivity index (χ4n) is 0.120. The number of ether oxygens (including phenoxy) is 1. The Hall–Kier alpha value is 0.160. The third-order valence-electron chi connectivity index (χ3n) is 0.382. The van der Waals surface area contributed by atoms with Gasteiger partial charge in [-0.25, -0.2) is 0 Å². The molecule has 7 heavy (non-hydrogen) atoms. The Morgan fingerprint density at radius 3 is 2.57 bits per heavy atom. The van der Waals surface area contributed by atoms with Crippen molar-refractivity contribution in [1.82, 2.24) is 0 Å². The van der Waals surface area contributed by atoms with Gasteiger partial charge < -0.3 is 10.5 Å². The molecular formula is C3H6INO2. The molecule has 0 radical (unpaired) electrons. The molecule has 0 saturated heterocycles.